The molecule has 2 aromatic rings. The van der Waals surface area contributed by atoms with Gasteiger partial charge >= 0.3 is 0 Å². The van der Waals surface area contributed by atoms with Gasteiger partial charge < -0.3 is 10.6 Å². The summed E-state index contributed by atoms with van der Waals surface area (Å²) in [5, 5.41) is 8.13. The average molecular weight is 392 g/mol. The molecule has 1 fully saturated rings. The van der Waals surface area contributed by atoms with Gasteiger partial charge in [-0.1, -0.05) is 35.9 Å². The third-order valence-electron chi connectivity index (χ3n) is 4.49. The van der Waals surface area contributed by atoms with Crippen molar-refractivity contribution < 1.29 is 9.59 Å². The maximum absolute atomic E-state index is 12.2. The van der Waals surface area contributed by atoms with Gasteiger partial charge in [-0.25, -0.2) is 0 Å². The van der Waals surface area contributed by atoms with Crippen molar-refractivity contribution in [1.82, 2.24) is 15.5 Å². The van der Waals surface area contributed by atoms with Gasteiger partial charge in [0.1, 0.15) is 0 Å². The zero-order valence-electron chi connectivity index (χ0n) is 14.4. The molecule has 1 aromatic carbocycles. The molecule has 3 rings (SSSR count). The summed E-state index contributed by atoms with van der Waals surface area (Å²) < 4.78 is 0. The summed E-state index contributed by atoms with van der Waals surface area (Å²) in [4.78, 5) is 27.0. The van der Waals surface area contributed by atoms with E-state index >= 15 is 0 Å². The molecule has 2 amide bonds. The van der Waals surface area contributed by atoms with Crippen molar-refractivity contribution >= 4 is 34.8 Å². The SMILES string of the molecule is O=C(CNC(=O)c1cccs1)NCC(c1ccccc1Cl)N1CCCC1. The summed E-state index contributed by atoms with van der Waals surface area (Å²) in [6, 6.07) is 11.4. The minimum Gasteiger partial charge on any atom is -0.353 e. The first kappa shape index (κ1) is 18.9. The Hall–Kier alpha value is -1.89. The Morgan fingerprint density at radius 2 is 1.88 bits per heavy atom. The highest BCUT2D eigenvalue weighted by molar-refractivity contribution is 7.12. The fourth-order valence-electron chi connectivity index (χ4n) is 3.16. The van der Waals surface area contributed by atoms with Crippen molar-refractivity contribution in [2.24, 2.45) is 0 Å². The molecule has 1 unspecified atom stereocenters. The van der Waals surface area contributed by atoms with Gasteiger partial charge in [0, 0.05) is 11.6 Å². The van der Waals surface area contributed by atoms with Gasteiger partial charge in [-0.15, -0.1) is 11.3 Å². The molecule has 2 heterocycles. The van der Waals surface area contributed by atoms with Crippen LogP contribution in [0.3, 0.4) is 0 Å². The zero-order valence-corrected chi connectivity index (χ0v) is 16.0. The van der Waals surface area contributed by atoms with Crippen molar-refractivity contribution in [1.29, 1.82) is 0 Å². The lowest BCUT2D eigenvalue weighted by Gasteiger charge is -2.29. The molecule has 1 aliphatic heterocycles. The minimum absolute atomic E-state index is 0.0357. The van der Waals surface area contributed by atoms with E-state index in [9.17, 15) is 9.59 Å². The maximum Gasteiger partial charge on any atom is 0.261 e. The molecule has 5 nitrogen and oxygen atoms in total. The summed E-state index contributed by atoms with van der Waals surface area (Å²) in [6.07, 6.45) is 2.32. The van der Waals surface area contributed by atoms with Crippen LogP contribution in [0.15, 0.2) is 41.8 Å². The Morgan fingerprint density at radius 1 is 1.12 bits per heavy atom. The highest BCUT2D eigenvalue weighted by Gasteiger charge is 2.25. The number of nitrogens with zero attached hydrogens (tertiary/aromatic N) is 1. The Labute approximate surface area is 162 Å². The first-order valence-electron chi connectivity index (χ1n) is 8.72. The second-order valence-corrected chi connectivity index (χ2v) is 7.60. The van der Waals surface area contributed by atoms with Crippen LogP contribution >= 0.6 is 22.9 Å². The Bertz CT molecular complexity index is 745. The summed E-state index contributed by atoms with van der Waals surface area (Å²) >= 11 is 7.73. The highest BCUT2D eigenvalue weighted by atomic mass is 35.5. The van der Waals surface area contributed by atoms with Crippen molar-refractivity contribution in [2.75, 3.05) is 26.2 Å². The standard InChI is InChI=1S/C19H22ClN3O2S/c20-15-7-2-1-6-14(15)16(23-9-3-4-10-23)12-21-18(24)13-22-19(25)17-8-5-11-26-17/h1-2,5-8,11,16H,3-4,9-10,12-13H2,(H,21,24)(H,22,25). The molecule has 0 radical (unpaired) electrons. The van der Waals surface area contributed by atoms with Crippen molar-refractivity contribution in [3.05, 3.63) is 57.2 Å². The van der Waals surface area contributed by atoms with E-state index in [2.05, 4.69) is 15.5 Å². The van der Waals surface area contributed by atoms with Crippen molar-refractivity contribution in [3.8, 4) is 0 Å². The number of carbonyl (C=O) groups is 2. The minimum atomic E-state index is -0.225. The lowest BCUT2D eigenvalue weighted by Crippen LogP contribution is -2.41. The zero-order chi connectivity index (χ0) is 18.4. The quantitative estimate of drug-likeness (QED) is 0.762. The second-order valence-electron chi connectivity index (χ2n) is 6.24. The van der Waals surface area contributed by atoms with E-state index in [1.807, 2.05) is 35.7 Å². The highest BCUT2D eigenvalue weighted by Crippen LogP contribution is 2.29. The smallest absolute Gasteiger partial charge is 0.261 e. The van der Waals surface area contributed by atoms with Gasteiger partial charge in [0.2, 0.25) is 5.91 Å². The first-order valence-corrected chi connectivity index (χ1v) is 9.98. The molecule has 1 atom stereocenters. The number of likely N-dealkylation sites (tertiary alicyclic amines) is 1. The van der Waals surface area contributed by atoms with Gasteiger partial charge in [0.15, 0.2) is 0 Å². The third-order valence-corrected chi connectivity index (χ3v) is 5.71. The fourth-order valence-corrected chi connectivity index (χ4v) is 4.06. The van der Waals surface area contributed by atoms with Crippen LogP contribution in [0.5, 0.6) is 0 Å². The van der Waals surface area contributed by atoms with Crippen LogP contribution in [0.1, 0.15) is 34.1 Å². The van der Waals surface area contributed by atoms with Crippen LogP contribution < -0.4 is 10.6 Å². The normalized spacial score (nSPS) is 15.6. The number of hydrogen-bond acceptors (Lipinski definition) is 4. The van der Waals surface area contributed by atoms with Crippen LogP contribution in [0.4, 0.5) is 0 Å². The molecule has 1 aromatic heterocycles. The van der Waals surface area contributed by atoms with Gasteiger partial charge in [0.25, 0.3) is 5.91 Å². The summed E-state index contributed by atoms with van der Waals surface area (Å²) in [5.74, 6) is -0.427. The van der Waals surface area contributed by atoms with Crippen molar-refractivity contribution in [3.63, 3.8) is 0 Å². The fraction of sp³-hybridized carbons (Fsp3) is 0.368. The molecule has 0 saturated carbocycles. The maximum atomic E-state index is 12.2. The van der Waals surface area contributed by atoms with Crippen LogP contribution in [0.25, 0.3) is 0 Å². The molecular weight excluding hydrogens is 370 g/mol. The summed E-state index contributed by atoms with van der Waals surface area (Å²) in [7, 11) is 0. The van der Waals surface area contributed by atoms with E-state index in [4.69, 9.17) is 11.6 Å². The van der Waals surface area contributed by atoms with Crippen LogP contribution in [-0.2, 0) is 4.79 Å². The number of amides is 2. The van der Waals surface area contributed by atoms with E-state index in [1.54, 1.807) is 6.07 Å². The molecule has 1 saturated heterocycles. The molecule has 2 N–H and O–H groups in total. The van der Waals surface area contributed by atoms with Crippen molar-refractivity contribution in [2.45, 2.75) is 18.9 Å². The van der Waals surface area contributed by atoms with Crippen LogP contribution in [-0.4, -0.2) is 42.9 Å². The molecular formula is C19H22ClN3O2S. The monoisotopic (exact) mass is 391 g/mol. The van der Waals surface area contributed by atoms with Crippen LogP contribution in [0.2, 0.25) is 5.02 Å². The lowest BCUT2D eigenvalue weighted by molar-refractivity contribution is -0.120. The van der Waals surface area contributed by atoms with Gasteiger partial charge in [0.05, 0.1) is 17.5 Å². The molecule has 0 spiro atoms. The predicted octanol–water partition coefficient (Wildman–Crippen LogP) is 3.08. The van der Waals surface area contributed by atoms with Gasteiger partial charge in [-0.05, 0) is 49.0 Å². The number of carbonyl (C=O) groups excluding carboxylic acids is 2. The average Bonchev–Trinajstić information content (AvgIpc) is 3.35. The predicted molar refractivity (Wildman–Crippen MR) is 105 cm³/mol. The molecule has 26 heavy (non-hydrogen) atoms. The van der Waals surface area contributed by atoms with Gasteiger partial charge in [-0.2, -0.15) is 0 Å². The van der Waals surface area contributed by atoms with Gasteiger partial charge in [-0.3, -0.25) is 14.5 Å². The van der Waals surface area contributed by atoms with Crippen LogP contribution in [0, 0.1) is 0 Å². The molecule has 7 heteroatoms. The molecule has 1 aliphatic rings. The lowest BCUT2D eigenvalue weighted by atomic mass is 10.1. The summed E-state index contributed by atoms with van der Waals surface area (Å²) in [6.45, 7) is 2.44. The third kappa shape index (κ3) is 4.84. The van der Waals surface area contributed by atoms with E-state index in [1.165, 1.54) is 11.3 Å². The Balaban J connectivity index is 1.56. The number of benzene rings is 1. The van der Waals surface area contributed by atoms with E-state index in [0.717, 1.165) is 31.5 Å². The Morgan fingerprint density at radius 3 is 2.58 bits per heavy atom. The topological polar surface area (TPSA) is 61.4 Å². The second kappa shape index (κ2) is 9.16. The molecule has 0 bridgehead atoms. The largest absolute Gasteiger partial charge is 0.353 e. The molecule has 138 valence electrons. The summed E-state index contributed by atoms with van der Waals surface area (Å²) in [5.41, 5.74) is 1.03. The molecule has 0 aliphatic carbocycles. The number of rotatable bonds is 7. The van der Waals surface area contributed by atoms with E-state index in [-0.39, 0.29) is 24.4 Å². The van der Waals surface area contributed by atoms with E-state index < -0.39 is 0 Å². The number of halogens is 1. The van der Waals surface area contributed by atoms with E-state index in [0.29, 0.717) is 16.4 Å². The Kier molecular flexibility index (Phi) is 6.66. The number of nitrogens with one attached hydrogen (secondary N) is 2. The number of thiophene rings is 1. The first-order chi connectivity index (χ1) is 12.6. The number of hydrogen-bond donors (Lipinski definition) is 2.